The van der Waals surface area contributed by atoms with Crippen molar-refractivity contribution in [2.24, 2.45) is 0 Å². The fourth-order valence-corrected chi connectivity index (χ4v) is 4.79. The van der Waals surface area contributed by atoms with Crippen LogP contribution in [-0.4, -0.2) is 26.9 Å². The molecule has 0 radical (unpaired) electrons. The number of rotatable bonds is 10. The van der Waals surface area contributed by atoms with Gasteiger partial charge in [0.25, 0.3) is 0 Å². The van der Waals surface area contributed by atoms with Crippen molar-refractivity contribution in [3.05, 3.63) is 10.1 Å². The second-order valence-electron chi connectivity index (χ2n) is 5.11. The van der Waals surface area contributed by atoms with Crippen LogP contribution in [0, 0.1) is 10.1 Å². The fourth-order valence-electron chi connectivity index (χ4n) is 1.48. The first-order valence-corrected chi connectivity index (χ1v) is 17.7. The Morgan fingerprint density at radius 1 is 1.45 bits per heavy atom. The molecule has 0 aliphatic rings. The summed E-state index contributed by atoms with van der Waals surface area (Å²) >= 11 is 0. The summed E-state index contributed by atoms with van der Waals surface area (Å²) in [6.07, 6.45) is 1.57. The Bertz CT molecular complexity index is 385. The first kappa shape index (κ1) is 24.3. The van der Waals surface area contributed by atoms with E-state index in [-0.39, 0.29) is 16.9 Å². The molecule has 0 aromatic rings. The molecule has 8 atom stereocenters. The summed E-state index contributed by atoms with van der Waals surface area (Å²) < 4.78 is 7.35. The first-order chi connectivity index (χ1) is 10.0. The van der Waals surface area contributed by atoms with Crippen molar-refractivity contribution in [3.63, 3.8) is 0 Å². The monoisotopic (exact) mass is 460 g/mol. The molecule has 0 aromatic carbocycles. The van der Waals surface area contributed by atoms with Crippen LogP contribution < -0.4 is 0 Å². The van der Waals surface area contributed by atoms with E-state index in [4.69, 9.17) is 4.52 Å². The fraction of sp³-hybridized carbons (Fsp3) is 0.875. The number of nitro groups is 1. The molecule has 130 valence electrons. The zero-order valence-corrected chi connectivity index (χ0v) is 21.1. The van der Waals surface area contributed by atoms with Crippen molar-refractivity contribution >= 4 is 74.0 Å². The zero-order chi connectivity index (χ0) is 17.5. The van der Waals surface area contributed by atoms with Gasteiger partial charge in [0.2, 0.25) is 5.54 Å². The SMILES string of the molecule is CC(C)(CCCC(C(=O)OP(P)P(P)P)N(P)PP)[N+](=O)[O-]. The van der Waals surface area contributed by atoms with Crippen molar-refractivity contribution in [3.8, 4) is 0 Å². The van der Waals surface area contributed by atoms with Crippen molar-refractivity contribution in [1.29, 1.82) is 0 Å². The van der Waals surface area contributed by atoms with Crippen LogP contribution in [-0.2, 0) is 9.32 Å². The van der Waals surface area contributed by atoms with Gasteiger partial charge in [0, 0.05) is 32.2 Å². The molecule has 22 heavy (non-hydrogen) atoms. The minimum absolute atomic E-state index is 0.262. The van der Waals surface area contributed by atoms with Gasteiger partial charge in [-0.3, -0.25) is 19.3 Å². The molecule has 8 unspecified atom stereocenters. The molecule has 0 amide bonds. The van der Waals surface area contributed by atoms with Gasteiger partial charge in [0.15, 0.2) is 0 Å². The second-order valence-corrected chi connectivity index (χ2v) is 22.3. The number of carbonyl (C=O) groups is 1. The van der Waals surface area contributed by atoms with Gasteiger partial charge in [-0.2, -0.15) is 0 Å². The lowest BCUT2D eigenvalue weighted by Gasteiger charge is -2.27. The lowest BCUT2D eigenvalue weighted by Crippen LogP contribution is -2.33. The highest BCUT2D eigenvalue weighted by molar-refractivity contribution is 8.81. The Balaban J connectivity index is 4.66. The average molecular weight is 460 g/mol. The standard InChI is InChI=1S/C8H24N2O4P8/c1-8(2,10(12)13)5-3-4-6(9(15)20-16)7(11)14-21(17)22(18)19/h6,20H,3-5,15-19H2,1-2H3. The molecule has 0 bridgehead atoms. The van der Waals surface area contributed by atoms with Gasteiger partial charge in [-0.25, -0.2) is 0 Å². The van der Waals surface area contributed by atoms with E-state index in [0.717, 1.165) is 0 Å². The third-order valence-electron chi connectivity index (χ3n) is 2.93. The topological polar surface area (TPSA) is 72.7 Å². The van der Waals surface area contributed by atoms with Gasteiger partial charge in [0.05, 0.1) is 0 Å². The van der Waals surface area contributed by atoms with E-state index in [1.165, 1.54) is 0 Å². The predicted molar refractivity (Wildman–Crippen MR) is 117 cm³/mol. The summed E-state index contributed by atoms with van der Waals surface area (Å²) in [7, 11) is 12.5. The molecule has 0 spiro atoms. The zero-order valence-electron chi connectivity index (χ0n) is 12.5. The highest BCUT2D eigenvalue weighted by Crippen LogP contribution is 2.83. The molecule has 6 nitrogen and oxygen atoms in total. The highest BCUT2D eigenvalue weighted by Gasteiger charge is 2.32. The summed E-state index contributed by atoms with van der Waals surface area (Å²) in [5, 5.41) is 10.9. The van der Waals surface area contributed by atoms with Gasteiger partial charge < -0.3 is 4.52 Å². The molecular weight excluding hydrogens is 436 g/mol. The lowest BCUT2D eigenvalue weighted by atomic mass is 9.97. The Morgan fingerprint density at radius 3 is 2.41 bits per heavy atom. The van der Waals surface area contributed by atoms with Gasteiger partial charge in [-0.1, -0.05) is 45.1 Å². The maximum absolute atomic E-state index is 12.3. The quantitative estimate of drug-likeness (QED) is 0.267. The van der Waals surface area contributed by atoms with E-state index >= 15 is 0 Å². The van der Waals surface area contributed by atoms with Crippen molar-refractivity contribution < 1.29 is 14.2 Å². The Hall–Kier alpha value is 2.27. The van der Waals surface area contributed by atoms with E-state index in [1.54, 1.807) is 13.8 Å². The smallest absolute Gasteiger partial charge is 0.327 e. The van der Waals surface area contributed by atoms with Crippen LogP contribution in [0.3, 0.4) is 0 Å². The highest BCUT2D eigenvalue weighted by atomic mass is 32.8. The van der Waals surface area contributed by atoms with E-state index in [2.05, 4.69) is 45.1 Å². The number of hydrogen-bond acceptors (Lipinski definition) is 5. The molecule has 0 saturated carbocycles. The van der Waals surface area contributed by atoms with Crippen LogP contribution in [0.25, 0.3) is 0 Å². The molecule has 0 aliphatic heterocycles. The molecule has 0 heterocycles. The first-order valence-electron chi connectivity index (χ1n) is 6.23. The molecule has 0 saturated heterocycles. The predicted octanol–water partition coefficient (Wildman–Crippen LogP) is 4.76. The van der Waals surface area contributed by atoms with Crippen molar-refractivity contribution in [2.75, 3.05) is 0 Å². The van der Waals surface area contributed by atoms with Crippen LogP contribution in [0.4, 0.5) is 0 Å². The minimum Gasteiger partial charge on any atom is -0.434 e. The molecule has 0 rings (SSSR count). The molecule has 0 N–H and O–H groups in total. The van der Waals surface area contributed by atoms with Crippen LogP contribution in [0.1, 0.15) is 33.1 Å². The number of carbonyl (C=O) groups excluding carboxylic acids is 1. The summed E-state index contributed by atoms with van der Waals surface area (Å²) in [5.74, 6) is -0.262. The Morgan fingerprint density at radius 2 is 2.00 bits per heavy atom. The summed E-state index contributed by atoms with van der Waals surface area (Å²) in [4.78, 5) is 23.0. The maximum Gasteiger partial charge on any atom is 0.327 e. The Kier molecular flexibility index (Phi) is 13.0. The van der Waals surface area contributed by atoms with E-state index in [9.17, 15) is 14.9 Å². The third-order valence-corrected chi connectivity index (χ3v) is 20.2. The largest absolute Gasteiger partial charge is 0.434 e. The van der Waals surface area contributed by atoms with Crippen LogP contribution in [0.15, 0.2) is 0 Å². The normalized spacial score (nSPS) is 15.5. The number of nitrogens with zero attached hydrogens (tertiary/aromatic N) is 2. The Labute approximate surface area is 147 Å². The van der Waals surface area contributed by atoms with Gasteiger partial charge in [-0.05, 0) is 21.3 Å². The molecule has 0 aromatic heterocycles. The van der Waals surface area contributed by atoms with Gasteiger partial charge in [-0.15, -0.1) is 0 Å². The van der Waals surface area contributed by atoms with Crippen LogP contribution >= 0.6 is 68.0 Å². The average Bonchev–Trinajstić information content (AvgIpc) is 2.42. The van der Waals surface area contributed by atoms with Gasteiger partial charge >= 0.3 is 5.97 Å². The van der Waals surface area contributed by atoms with Crippen molar-refractivity contribution in [1.82, 2.24) is 4.44 Å². The molecule has 14 heteroatoms. The van der Waals surface area contributed by atoms with Crippen molar-refractivity contribution in [2.45, 2.75) is 44.7 Å². The molecule has 0 fully saturated rings. The van der Waals surface area contributed by atoms with E-state index in [0.29, 0.717) is 27.7 Å². The number of hydrogen-bond donors (Lipinski definition) is 0. The third kappa shape index (κ3) is 9.10. The van der Waals surface area contributed by atoms with Crippen LogP contribution in [0.5, 0.6) is 0 Å². The molecular formula is C8H24N2O4P8. The van der Waals surface area contributed by atoms with E-state index < -0.39 is 20.1 Å². The maximum atomic E-state index is 12.3. The van der Waals surface area contributed by atoms with Crippen LogP contribution in [0.2, 0.25) is 0 Å². The summed E-state index contributed by atoms with van der Waals surface area (Å²) in [5.41, 5.74) is -0.967. The second kappa shape index (κ2) is 11.8. The minimum atomic E-state index is -0.967. The van der Waals surface area contributed by atoms with E-state index in [1.807, 2.05) is 4.44 Å². The summed E-state index contributed by atoms with van der Waals surface area (Å²) in [6.45, 7) is 2.73. The van der Waals surface area contributed by atoms with Gasteiger partial charge in [0.1, 0.15) is 13.6 Å². The molecule has 0 aliphatic carbocycles. The summed E-state index contributed by atoms with van der Waals surface area (Å²) in [6, 6.07) is -0.390. The lowest BCUT2D eigenvalue weighted by molar-refractivity contribution is -0.561.